The smallest absolute Gasteiger partial charge is 0.118 e. The molecule has 1 rings (SSSR count). The molecule has 0 fully saturated rings. The molecular weight excluding hydrogens is 102 g/mol. The molecule has 3 heteroatoms. The SMILES string of the molecule is CN1CCC(N)=C1N. The second kappa shape index (κ2) is 1.58. The lowest BCUT2D eigenvalue weighted by molar-refractivity contribution is 0.454. The zero-order valence-corrected chi connectivity index (χ0v) is 5.02. The molecule has 0 bridgehead atoms. The zero-order valence-electron chi connectivity index (χ0n) is 5.02. The van der Waals surface area contributed by atoms with Gasteiger partial charge in [-0.3, -0.25) is 0 Å². The molecule has 0 saturated carbocycles. The molecule has 0 unspecified atom stereocenters. The highest BCUT2D eigenvalue weighted by Gasteiger charge is 2.11. The molecule has 0 atom stereocenters. The van der Waals surface area contributed by atoms with Crippen molar-refractivity contribution in [1.29, 1.82) is 0 Å². The van der Waals surface area contributed by atoms with Crippen molar-refractivity contribution in [3.8, 4) is 0 Å². The lowest BCUT2D eigenvalue weighted by atomic mass is 10.4. The van der Waals surface area contributed by atoms with Crippen LogP contribution in [0.5, 0.6) is 0 Å². The van der Waals surface area contributed by atoms with Gasteiger partial charge in [0.1, 0.15) is 5.82 Å². The number of hydrogen-bond acceptors (Lipinski definition) is 3. The summed E-state index contributed by atoms with van der Waals surface area (Å²) in [5.41, 5.74) is 11.8. The van der Waals surface area contributed by atoms with E-state index in [-0.39, 0.29) is 0 Å². The number of nitrogens with zero attached hydrogens (tertiary/aromatic N) is 1. The first-order valence-corrected chi connectivity index (χ1v) is 2.67. The van der Waals surface area contributed by atoms with E-state index in [4.69, 9.17) is 11.5 Å². The van der Waals surface area contributed by atoms with Crippen molar-refractivity contribution < 1.29 is 0 Å². The Morgan fingerprint density at radius 2 is 2.12 bits per heavy atom. The van der Waals surface area contributed by atoms with Gasteiger partial charge in [-0.1, -0.05) is 0 Å². The predicted molar refractivity (Wildman–Crippen MR) is 32.6 cm³/mol. The molecule has 4 N–H and O–H groups in total. The van der Waals surface area contributed by atoms with Crippen molar-refractivity contribution in [2.24, 2.45) is 11.5 Å². The average molecular weight is 113 g/mol. The molecule has 0 aromatic rings. The summed E-state index contributed by atoms with van der Waals surface area (Å²) in [4.78, 5) is 1.95. The highest BCUT2D eigenvalue weighted by molar-refractivity contribution is 5.11. The van der Waals surface area contributed by atoms with Crippen molar-refractivity contribution >= 4 is 0 Å². The number of nitrogens with two attached hydrogens (primary N) is 2. The van der Waals surface area contributed by atoms with Crippen LogP contribution in [0, 0.1) is 0 Å². The van der Waals surface area contributed by atoms with E-state index in [2.05, 4.69) is 0 Å². The van der Waals surface area contributed by atoms with E-state index in [9.17, 15) is 0 Å². The summed E-state index contributed by atoms with van der Waals surface area (Å²) in [6.07, 6.45) is 0.919. The summed E-state index contributed by atoms with van der Waals surface area (Å²) >= 11 is 0. The van der Waals surface area contributed by atoms with Gasteiger partial charge in [-0.05, 0) is 0 Å². The number of hydrogen-bond donors (Lipinski definition) is 2. The van der Waals surface area contributed by atoms with Gasteiger partial charge in [0, 0.05) is 20.0 Å². The molecule has 0 amide bonds. The standard InChI is InChI=1S/C5H11N3/c1-8-3-2-4(6)5(8)7/h2-3,6-7H2,1H3. The summed E-state index contributed by atoms with van der Waals surface area (Å²) in [5, 5.41) is 0. The van der Waals surface area contributed by atoms with E-state index in [0.717, 1.165) is 24.5 Å². The molecule has 46 valence electrons. The molecule has 0 aromatic heterocycles. The van der Waals surface area contributed by atoms with Crippen molar-refractivity contribution in [2.75, 3.05) is 13.6 Å². The number of rotatable bonds is 0. The Morgan fingerprint density at radius 3 is 2.25 bits per heavy atom. The van der Waals surface area contributed by atoms with Crippen LogP contribution in [-0.2, 0) is 0 Å². The Hall–Kier alpha value is -0.860. The third kappa shape index (κ3) is 0.598. The zero-order chi connectivity index (χ0) is 6.15. The van der Waals surface area contributed by atoms with Crippen molar-refractivity contribution in [3.63, 3.8) is 0 Å². The molecule has 1 aliphatic heterocycles. The van der Waals surface area contributed by atoms with Crippen LogP contribution in [0.1, 0.15) is 6.42 Å². The van der Waals surface area contributed by atoms with E-state index in [0.29, 0.717) is 0 Å². The molecule has 1 heterocycles. The topological polar surface area (TPSA) is 55.3 Å². The van der Waals surface area contributed by atoms with Crippen LogP contribution in [0.15, 0.2) is 11.5 Å². The lowest BCUT2D eigenvalue weighted by Crippen LogP contribution is -2.19. The third-order valence-electron chi connectivity index (χ3n) is 1.46. The Kier molecular flexibility index (Phi) is 1.04. The molecule has 0 saturated heterocycles. The van der Waals surface area contributed by atoms with Gasteiger partial charge in [0.25, 0.3) is 0 Å². The van der Waals surface area contributed by atoms with Crippen molar-refractivity contribution in [3.05, 3.63) is 11.5 Å². The second-order valence-electron chi connectivity index (χ2n) is 2.08. The van der Waals surface area contributed by atoms with E-state index < -0.39 is 0 Å². The highest BCUT2D eigenvalue weighted by Crippen LogP contribution is 2.10. The van der Waals surface area contributed by atoms with Gasteiger partial charge in [-0.25, -0.2) is 0 Å². The monoisotopic (exact) mass is 113 g/mol. The van der Waals surface area contributed by atoms with Gasteiger partial charge >= 0.3 is 0 Å². The average Bonchev–Trinajstić information content (AvgIpc) is 1.98. The van der Waals surface area contributed by atoms with Crippen LogP contribution in [0.4, 0.5) is 0 Å². The largest absolute Gasteiger partial charge is 0.399 e. The lowest BCUT2D eigenvalue weighted by Gasteiger charge is -2.09. The van der Waals surface area contributed by atoms with E-state index in [1.165, 1.54) is 0 Å². The molecule has 0 aliphatic carbocycles. The van der Waals surface area contributed by atoms with Crippen molar-refractivity contribution in [2.45, 2.75) is 6.42 Å². The Balaban J connectivity index is 2.71. The predicted octanol–water partition coefficient (Wildman–Crippen LogP) is -0.592. The van der Waals surface area contributed by atoms with Crippen LogP contribution in [-0.4, -0.2) is 18.5 Å². The second-order valence-corrected chi connectivity index (χ2v) is 2.08. The normalized spacial score (nSPS) is 20.4. The van der Waals surface area contributed by atoms with Gasteiger partial charge in [0.05, 0.1) is 5.70 Å². The van der Waals surface area contributed by atoms with Crippen LogP contribution >= 0.6 is 0 Å². The molecule has 0 radical (unpaired) electrons. The van der Waals surface area contributed by atoms with E-state index in [1.54, 1.807) is 0 Å². The molecule has 0 spiro atoms. The first-order valence-electron chi connectivity index (χ1n) is 2.67. The summed E-state index contributed by atoms with van der Waals surface area (Å²) < 4.78 is 0. The third-order valence-corrected chi connectivity index (χ3v) is 1.46. The summed E-state index contributed by atoms with van der Waals surface area (Å²) in [7, 11) is 1.94. The van der Waals surface area contributed by atoms with Gasteiger partial charge in [0.15, 0.2) is 0 Å². The maximum Gasteiger partial charge on any atom is 0.118 e. The quantitative estimate of drug-likeness (QED) is 0.441. The fraction of sp³-hybridized carbons (Fsp3) is 0.600. The molecule has 3 nitrogen and oxygen atoms in total. The Labute approximate surface area is 48.9 Å². The first-order chi connectivity index (χ1) is 3.72. The molecule has 8 heavy (non-hydrogen) atoms. The van der Waals surface area contributed by atoms with E-state index in [1.807, 2.05) is 11.9 Å². The minimum Gasteiger partial charge on any atom is -0.399 e. The van der Waals surface area contributed by atoms with E-state index >= 15 is 0 Å². The van der Waals surface area contributed by atoms with Crippen LogP contribution in [0.25, 0.3) is 0 Å². The summed E-state index contributed by atoms with van der Waals surface area (Å²) in [5.74, 6) is 0.741. The van der Waals surface area contributed by atoms with Crippen LogP contribution in [0.3, 0.4) is 0 Å². The van der Waals surface area contributed by atoms with Gasteiger partial charge in [0.2, 0.25) is 0 Å². The van der Waals surface area contributed by atoms with Crippen molar-refractivity contribution in [1.82, 2.24) is 4.90 Å². The fourth-order valence-corrected chi connectivity index (χ4v) is 0.782. The molecular formula is C5H11N3. The minimum atomic E-state index is 0.741. The van der Waals surface area contributed by atoms with Gasteiger partial charge in [-0.2, -0.15) is 0 Å². The van der Waals surface area contributed by atoms with Gasteiger partial charge < -0.3 is 16.4 Å². The fourth-order valence-electron chi connectivity index (χ4n) is 0.782. The molecule has 1 aliphatic rings. The first kappa shape index (κ1) is 5.28. The highest BCUT2D eigenvalue weighted by atomic mass is 15.2. The van der Waals surface area contributed by atoms with Gasteiger partial charge in [-0.15, -0.1) is 0 Å². The summed E-state index contributed by atoms with van der Waals surface area (Å²) in [6, 6.07) is 0. The Morgan fingerprint density at radius 1 is 1.50 bits per heavy atom. The molecule has 0 aromatic carbocycles. The Bertz CT molecular complexity index is 128. The summed E-state index contributed by atoms with van der Waals surface area (Å²) in [6.45, 7) is 0.970. The maximum absolute atomic E-state index is 5.50. The maximum atomic E-state index is 5.50. The van der Waals surface area contributed by atoms with Crippen LogP contribution in [0.2, 0.25) is 0 Å². The van der Waals surface area contributed by atoms with Crippen LogP contribution < -0.4 is 11.5 Å². The minimum absolute atomic E-state index is 0.741.